The molecule has 5 nitrogen and oxygen atoms in total. The number of hydrogen-bond donors (Lipinski definition) is 1. The SMILES string of the molecule is CCOC(=O)c1cccnc1N(C)CCNC. The summed E-state index contributed by atoms with van der Waals surface area (Å²) in [5.41, 5.74) is 0.507. The van der Waals surface area contributed by atoms with E-state index in [0.717, 1.165) is 13.1 Å². The Morgan fingerprint density at radius 1 is 1.59 bits per heavy atom. The van der Waals surface area contributed by atoms with Gasteiger partial charge in [0.25, 0.3) is 0 Å². The monoisotopic (exact) mass is 237 g/mol. The van der Waals surface area contributed by atoms with Gasteiger partial charge in [-0.2, -0.15) is 0 Å². The summed E-state index contributed by atoms with van der Waals surface area (Å²) in [6.45, 7) is 3.77. The lowest BCUT2D eigenvalue weighted by Gasteiger charge is -2.20. The highest BCUT2D eigenvalue weighted by molar-refractivity contribution is 5.94. The first-order valence-electron chi connectivity index (χ1n) is 5.68. The average molecular weight is 237 g/mol. The minimum absolute atomic E-state index is 0.327. The molecule has 1 aromatic heterocycles. The Kier molecular flexibility index (Phi) is 5.42. The lowest BCUT2D eigenvalue weighted by Crippen LogP contribution is -2.29. The first-order chi connectivity index (χ1) is 8.20. The first-order valence-corrected chi connectivity index (χ1v) is 5.68. The van der Waals surface area contributed by atoms with E-state index in [4.69, 9.17) is 4.74 Å². The van der Waals surface area contributed by atoms with Crippen LogP contribution in [0.15, 0.2) is 18.3 Å². The molecule has 0 bridgehead atoms. The van der Waals surface area contributed by atoms with E-state index in [1.54, 1.807) is 25.3 Å². The molecule has 0 atom stereocenters. The smallest absolute Gasteiger partial charge is 0.341 e. The number of pyridine rings is 1. The van der Waals surface area contributed by atoms with Crippen molar-refractivity contribution in [3.63, 3.8) is 0 Å². The Bertz CT molecular complexity index is 369. The summed E-state index contributed by atoms with van der Waals surface area (Å²) in [6, 6.07) is 3.47. The van der Waals surface area contributed by atoms with E-state index >= 15 is 0 Å². The molecule has 0 spiro atoms. The van der Waals surface area contributed by atoms with Crippen molar-refractivity contribution in [2.75, 3.05) is 38.7 Å². The zero-order chi connectivity index (χ0) is 12.7. The molecule has 1 N–H and O–H groups in total. The highest BCUT2D eigenvalue weighted by Crippen LogP contribution is 2.16. The molecule has 17 heavy (non-hydrogen) atoms. The minimum atomic E-state index is -0.327. The molecule has 0 saturated carbocycles. The van der Waals surface area contributed by atoms with Crippen molar-refractivity contribution in [1.29, 1.82) is 0 Å². The van der Waals surface area contributed by atoms with Gasteiger partial charge in [0.05, 0.1) is 6.61 Å². The summed E-state index contributed by atoms with van der Waals surface area (Å²) in [7, 11) is 3.79. The number of hydrogen-bond acceptors (Lipinski definition) is 5. The molecule has 94 valence electrons. The Morgan fingerprint density at radius 2 is 2.35 bits per heavy atom. The van der Waals surface area contributed by atoms with Gasteiger partial charge < -0.3 is 15.0 Å². The van der Waals surface area contributed by atoms with Crippen LogP contribution in [0.4, 0.5) is 5.82 Å². The largest absolute Gasteiger partial charge is 0.462 e. The van der Waals surface area contributed by atoms with Gasteiger partial charge >= 0.3 is 5.97 Å². The second-order valence-corrected chi connectivity index (χ2v) is 3.62. The van der Waals surface area contributed by atoms with Crippen LogP contribution < -0.4 is 10.2 Å². The van der Waals surface area contributed by atoms with Gasteiger partial charge in [-0.25, -0.2) is 9.78 Å². The van der Waals surface area contributed by atoms with Gasteiger partial charge in [-0.05, 0) is 26.1 Å². The average Bonchev–Trinajstić information content (AvgIpc) is 2.36. The Balaban J connectivity index is 2.87. The van der Waals surface area contributed by atoms with Crippen LogP contribution in [0.1, 0.15) is 17.3 Å². The Labute approximate surface area is 102 Å². The van der Waals surface area contributed by atoms with Crippen molar-refractivity contribution in [2.45, 2.75) is 6.92 Å². The fourth-order valence-electron chi connectivity index (χ4n) is 1.45. The molecule has 1 heterocycles. The quantitative estimate of drug-likeness (QED) is 0.745. The molecule has 0 aromatic carbocycles. The number of ether oxygens (including phenoxy) is 1. The van der Waals surface area contributed by atoms with Crippen molar-refractivity contribution in [3.8, 4) is 0 Å². The lowest BCUT2D eigenvalue weighted by molar-refractivity contribution is 0.0526. The van der Waals surface area contributed by atoms with Gasteiger partial charge in [0.1, 0.15) is 11.4 Å². The van der Waals surface area contributed by atoms with Crippen LogP contribution in [0.2, 0.25) is 0 Å². The third-order valence-electron chi connectivity index (χ3n) is 2.34. The topological polar surface area (TPSA) is 54.5 Å². The molecule has 0 radical (unpaired) electrons. The van der Waals surface area contributed by atoms with E-state index < -0.39 is 0 Å². The summed E-state index contributed by atoms with van der Waals surface area (Å²) < 4.78 is 5.00. The van der Waals surface area contributed by atoms with E-state index in [1.807, 2.05) is 19.0 Å². The third kappa shape index (κ3) is 3.71. The number of likely N-dealkylation sites (N-methyl/N-ethyl adjacent to an activating group) is 2. The zero-order valence-electron chi connectivity index (χ0n) is 10.6. The van der Waals surface area contributed by atoms with Crippen LogP contribution in [-0.4, -0.2) is 44.7 Å². The number of anilines is 1. The van der Waals surface area contributed by atoms with Gasteiger partial charge in [-0.1, -0.05) is 0 Å². The Morgan fingerprint density at radius 3 is 3.00 bits per heavy atom. The summed E-state index contributed by atoms with van der Waals surface area (Å²) in [5, 5.41) is 3.06. The number of aromatic nitrogens is 1. The number of rotatable bonds is 6. The van der Waals surface area contributed by atoms with E-state index in [-0.39, 0.29) is 5.97 Å². The molecule has 0 aliphatic rings. The number of nitrogens with zero attached hydrogens (tertiary/aromatic N) is 2. The van der Waals surface area contributed by atoms with Crippen molar-refractivity contribution in [3.05, 3.63) is 23.9 Å². The second kappa shape index (κ2) is 6.85. The summed E-state index contributed by atoms with van der Waals surface area (Å²) in [5.74, 6) is 0.327. The number of carbonyl (C=O) groups excluding carboxylic acids is 1. The molecule has 0 fully saturated rings. The predicted octanol–water partition coefficient (Wildman–Crippen LogP) is 0.914. The lowest BCUT2D eigenvalue weighted by atomic mass is 10.2. The summed E-state index contributed by atoms with van der Waals surface area (Å²) in [6.07, 6.45) is 1.67. The third-order valence-corrected chi connectivity index (χ3v) is 2.34. The van der Waals surface area contributed by atoms with E-state index in [2.05, 4.69) is 10.3 Å². The van der Waals surface area contributed by atoms with Crippen LogP contribution in [0.5, 0.6) is 0 Å². The van der Waals surface area contributed by atoms with Crippen molar-refractivity contribution >= 4 is 11.8 Å². The van der Waals surface area contributed by atoms with Gasteiger partial charge in [-0.15, -0.1) is 0 Å². The number of nitrogens with one attached hydrogen (secondary N) is 1. The summed E-state index contributed by atoms with van der Waals surface area (Å²) >= 11 is 0. The van der Waals surface area contributed by atoms with Crippen LogP contribution in [0.25, 0.3) is 0 Å². The van der Waals surface area contributed by atoms with Crippen molar-refractivity contribution < 1.29 is 9.53 Å². The van der Waals surface area contributed by atoms with E-state index in [9.17, 15) is 4.79 Å². The van der Waals surface area contributed by atoms with Gasteiger partial charge in [-0.3, -0.25) is 0 Å². The molecule has 5 heteroatoms. The maximum Gasteiger partial charge on any atom is 0.341 e. The van der Waals surface area contributed by atoms with E-state index in [0.29, 0.717) is 18.0 Å². The minimum Gasteiger partial charge on any atom is -0.462 e. The van der Waals surface area contributed by atoms with Gasteiger partial charge in [0, 0.05) is 26.3 Å². The maximum atomic E-state index is 11.7. The molecule has 0 amide bonds. The molecular weight excluding hydrogens is 218 g/mol. The molecule has 0 saturated heterocycles. The second-order valence-electron chi connectivity index (χ2n) is 3.62. The van der Waals surface area contributed by atoms with Crippen LogP contribution in [-0.2, 0) is 4.74 Å². The first kappa shape index (κ1) is 13.4. The highest BCUT2D eigenvalue weighted by atomic mass is 16.5. The molecule has 0 aliphatic heterocycles. The van der Waals surface area contributed by atoms with E-state index in [1.165, 1.54) is 0 Å². The Hall–Kier alpha value is -1.62. The fraction of sp³-hybridized carbons (Fsp3) is 0.500. The summed E-state index contributed by atoms with van der Waals surface area (Å²) in [4.78, 5) is 17.9. The molecule has 0 aliphatic carbocycles. The van der Waals surface area contributed by atoms with Gasteiger partial charge in [0.2, 0.25) is 0 Å². The van der Waals surface area contributed by atoms with Crippen LogP contribution in [0.3, 0.4) is 0 Å². The molecule has 1 rings (SSSR count). The maximum absolute atomic E-state index is 11.7. The molecule has 0 unspecified atom stereocenters. The number of esters is 1. The van der Waals surface area contributed by atoms with Crippen LogP contribution >= 0.6 is 0 Å². The van der Waals surface area contributed by atoms with Crippen molar-refractivity contribution in [2.24, 2.45) is 0 Å². The highest BCUT2D eigenvalue weighted by Gasteiger charge is 2.15. The van der Waals surface area contributed by atoms with Crippen LogP contribution in [0, 0.1) is 0 Å². The standard InChI is InChI=1S/C12H19N3O2/c1-4-17-12(16)10-6-5-7-14-11(10)15(3)9-8-13-2/h5-7,13H,4,8-9H2,1-3H3. The van der Waals surface area contributed by atoms with Gasteiger partial charge in [0.15, 0.2) is 0 Å². The predicted molar refractivity (Wildman–Crippen MR) is 67.4 cm³/mol. The number of carbonyl (C=O) groups is 1. The zero-order valence-corrected chi connectivity index (χ0v) is 10.6. The fourth-order valence-corrected chi connectivity index (χ4v) is 1.45. The normalized spacial score (nSPS) is 10.1. The van der Waals surface area contributed by atoms with Crippen molar-refractivity contribution in [1.82, 2.24) is 10.3 Å². The molecular formula is C12H19N3O2. The molecule has 1 aromatic rings.